The normalized spacial score (nSPS) is 10.1. The lowest BCUT2D eigenvalue weighted by atomic mass is 10.2. The Hall–Kier alpha value is -2.12. The Morgan fingerprint density at radius 2 is 2.05 bits per heavy atom. The smallest absolute Gasteiger partial charge is 0.150 e. The summed E-state index contributed by atoms with van der Waals surface area (Å²) in [5, 5.41) is 9.35. The van der Waals surface area contributed by atoms with Crippen molar-refractivity contribution in [3.05, 3.63) is 47.5 Å². The molecule has 0 atom stereocenters. The second-order valence-electron chi connectivity index (χ2n) is 4.32. The van der Waals surface area contributed by atoms with Crippen molar-refractivity contribution >= 4 is 17.4 Å². The average Bonchev–Trinajstić information content (AvgIpc) is 2.43. The fraction of sp³-hybridized carbons (Fsp3) is 0.188. The van der Waals surface area contributed by atoms with Crippen LogP contribution in [0.25, 0.3) is 0 Å². The molecule has 2 aromatic carbocycles. The number of rotatable bonds is 4. The van der Waals surface area contributed by atoms with Crippen LogP contribution in [0.3, 0.4) is 0 Å². The second-order valence-corrected chi connectivity index (χ2v) is 5.62. The van der Waals surface area contributed by atoms with Crippen molar-refractivity contribution in [3.63, 3.8) is 0 Å². The molecule has 102 valence electrons. The van der Waals surface area contributed by atoms with Gasteiger partial charge in [-0.25, -0.2) is 0 Å². The Morgan fingerprint density at radius 1 is 1.25 bits per heavy atom. The van der Waals surface area contributed by atoms with E-state index in [-0.39, 0.29) is 0 Å². The minimum Gasteiger partial charge on any atom is -0.454 e. The van der Waals surface area contributed by atoms with Crippen molar-refractivity contribution in [2.24, 2.45) is 0 Å². The van der Waals surface area contributed by atoms with E-state index in [1.54, 1.807) is 23.9 Å². The topological polar surface area (TPSA) is 59.0 Å². The van der Waals surface area contributed by atoms with Gasteiger partial charge < -0.3 is 10.5 Å². The molecule has 0 aliphatic heterocycles. The van der Waals surface area contributed by atoms with Crippen LogP contribution in [0.1, 0.15) is 18.1 Å². The molecule has 0 spiro atoms. The summed E-state index contributed by atoms with van der Waals surface area (Å²) in [4.78, 5) is 0.929. The highest BCUT2D eigenvalue weighted by Crippen LogP contribution is 2.34. The van der Waals surface area contributed by atoms with Crippen molar-refractivity contribution in [1.82, 2.24) is 0 Å². The maximum atomic E-state index is 9.35. The highest BCUT2D eigenvalue weighted by molar-refractivity contribution is 7.99. The molecule has 0 saturated heterocycles. The lowest BCUT2D eigenvalue weighted by molar-refractivity contribution is 0.481. The van der Waals surface area contributed by atoms with Crippen LogP contribution in [0.15, 0.2) is 41.3 Å². The average molecular weight is 284 g/mol. The summed E-state index contributed by atoms with van der Waals surface area (Å²) in [6.45, 7) is 4.03. The van der Waals surface area contributed by atoms with E-state index >= 15 is 0 Å². The first-order valence-electron chi connectivity index (χ1n) is 6.35. The maximum absolute atomic E-state index is 9.35. The van der Waals surface area contributed by atoms with Gasteiger partial charge in [0.05, 0.1) is 5.69 Å². The quantitative estimate of drug-likeness (QED) is 0.669. The van der Waals surface area contributed by atoms with E-state index in [4.69, 9.17) is 10.5 Å². The molecule has 0 aliphatic carbocycles. The predicted molar refractivity (Wildman–Crippen MR) is 83.2 cm³/mol. The molecule has 0 fully saturated rings. The third-order valence-corrected chi connectivity index (χ3v) is 3.73. The predicted octanol–water partition coefficient (Wildman–Crippen LogP) is 4.35. The van der Waals surface area contributed by atoms with Gasteiger partial charge in [-0.2, -0.15) is 5.26 Å². The lowest BCUT2D eigenvalue weighted by Gasteiger charge is -2.12. The Kier molecular flexibility index (Phi) is 4.54. The summed E-state index contributed by atoms with van der Waals surface area (Å²) >= 11 is 1.62. The van der Waals surface area contributed by atoms with E-state index in [1.165, 1.54) is 0 Å². The molecule has 0 amide bonds. The van der Waals surface area contributed by atoms with Crippen LogP contribution in [0.4, 0.5) is 5.69 Å². The van der Waals surface area contributed by atoms with Crippen molar-refractivity contribution in [2.75, 3.05) is 11.5 Å². The first kappa shape index (κ1) is 14.3. The molecule has 0 saturated carbocycles. The van der Waals surface area contributed by atoms with E-state index in [9.17, 15) is 5.26 Å². The van der Waals surface area contributed by atoms with Crippen molar-refractivity contribution in [1.29, 1.82) is 5.26 Å². The number of ether oxygens (including phenoxy) is 1. The van der Waals surface area contributed by atoms with Crippen molar-refractivity contribution in [3.8, 4) is 17.6 Å². The zero-order valence-electron chi connectivity index (χ0n) is 11.5. The minimum atomic E-state index is 0.545. The molecule has 3 nitrogen and oxygen atoms in total. The summed E-state index contributed by atoms with van der Waals surface area (Å²) in [6.07, 6.45) is 0. The zero-order chi connectivity index (χ0) is 14.5. The van der Waals surface area contributed by atoms with Gasteiger partial charge in [-0.05, 0) is 42.5 Å². The Balaban J connectivity index is 2.41. The fourth-order valence-electron chi connectivity index (χ4n) is 1.83. The number of thioether (sulfide) groups is 1. The Morgan fingerprint density at radius 3 is 2.75 bits per heavy atom. The number of benzene rings is 2. The first-order chi connectivity index (χ1) is 9.65. The van der Waals surface area contributed by atoms with E-state index in [0.29, 0.717) is 22.7 Å². The summed E-state index contributed by atoms with van der Waals surface area (Å²) in [5.41, 5.74) is 8.09. The van der Waals surface area contributed by atoms with Gasteiger partial charge in [0.1, 0.15) is 17.4 Å². The number of nitrogens with two attached hydrogens (primary N) is 1. The van der Waals surface area contributed by atoms with Gasteiger partial charge in [0.25, 0.3) is 0 Å². The zero-order valence-corrected chi connectivity index (χ0v) is 12.3. The van der Waals surface area contributed by atoms with E-state index in [1.807, 2.05) is 31.2 Å². The summed E-state index contributed by atoms with van der Waals surface area (Å²) in [5.74, 6) is 2.04. The van der Waals surface area contributed by atoms with Crippen LogP contribution < -0.4 is 10.5 Å². The molecule has 2 N–H and O–H groups in total. The molecule has 0 unspecified atom stereocenters. The van der Waals surface area contributed by atoms with E-state index in [2.05, 4.69) is 13.0 Å². The van der Waals surface area contributed by atoms with Crippen LogP contribution in [-0.2, 0) is 0 Å². The molecular formula is C16H16N2OS. The highest BCUT2D eigenvalue weighted by Gasteiger charge is 2.11. The molecule has 4 heteroatoms. The molecule has 20 heavy (non-hydrogen) atoms. The van der Waals surface area contributed by atoms with Gasteiger partial charge in [0.2, 0.25) is 0 Å². The van der Waals surface area contributed by atoms with Gasteiger partial charge in [-0.3, -0.25) is 0 Å². The largest absolute Gasteiger partial charge is 0.454 e. The molecule has 0 radical (unpaired) electrons. The monoisotopic (exact) mass is 284 g/mol. The van der Waals surface area contributed by atoms with Crippen molar-refractivity contribution in [2.45, 2.75) is 18.7 Å². The van der Waals surface area contributed by atoms with Crippen LogP contribution in [0.5, 0.6) is 11.5 Å². The third-order valence-electron chi connectivity index (χ3n) is 2.79. The van der Waals surface area contributed by atoms with Crippen LogP contribution >= 0.6 is 11.8 Å². The SMILES string of the molecule is CCSc1cccc(Oc2cc(C)ccc2N)c1C#N. The van der Waals surface area contributed by atoms with Gasteiger partial charge in [0.15, 0.2) is 5.75 Å². The maximum Gasteiger partial charge on any atom is 0.150 e. The molecule has 2 aromatic rings. The molecule has 2 rings (SSSR count). The highest BCUT2D eigenvalue weighted by atomic mass is 32.2. The van der Waals surface area contributed by atoms with Gasteiger partial charge >= 0.3 is 0 Å². The van der Waals surface area contributed by atoms with E-state index < -0.39 is 0 Å². The molecule has 0 heterocycles. The van der Waals surface area contributed by atoms with Gasteiger partial charge in [-0.15, -0.1) is 11.8 Å². The lowest BCUT2D eigenvalue weighted by Crippen LogP contribution is -1.95. The first-order valence-corrected chi connectivity index (χ1v) is 7.34. The van der Waals surface area contributed by atoms with Crippen LogP contribution in [-0.4, -0.2) is 5.75 Å². The molecule has 0 aromatic heterocycles. The van der Waals surface area contributed by atoms with E-state index in [0.717, 1.165) is 16.2 Å². The summed E-state index contributed by atoms with van der Waals surface area (Å²) in [6, 6.07) is 13.4. The van der Waals surface area contributed by atoms with Crippen LogP contribution in [0.2, 0.25) is 0 Å². The fourth-order valence-corrected chi connectivity index (χ4v) is 2.61. The summed E-state index contributed by atoms with van der Waals surface area (Å²) in [7, 11) is 0. The number of hydrogen-bond donors (Lipinski definition) is 1. The molecular weight excluding hydrogens is 268 g/mol. The Labute approximate surface area is 123 Å². The summed E-state index contributed by atoms with van der Waals surface area (Å²) < 4.78 is 5.84. The number of hydrogen-bond acceptors (Lipinski definition) is 4. The van der Waals surface area contributed by atoms with Gasteiger partial charge in [0, 0.05) is 4.90 Å². The minimum absolute atomic E-state index is 0.545. The molecule has 0 bridgehead atoms. The number of aryl methyl sites for hydroxylation is 1. The second kappa shape index (κ2) is 6.36. The van der Waals surface area contributed by atoms with Crippen molar-refractivity contribution < 1.29 is 4.74 Å². The standard InChI is InChI=1S/C16H16N2OS/c1-3-20-16-6-4-5-14(12(16)10-17)19-15-9-11(2)7-8-13(15)18/h4-9H,3,18H2,1-2H3. The van der Waals surface area contributed by atoms with Crippen LogP contribution in [0, 0.1) is 18.3 Å². The number of nitrogen functional groups attached to an aromatic ring is 1. The number of nitrogens with zero attached hydrogens (tertiary/aromatic N) is 1. The Bertz CT molecular complexity index is 662. The third kappa shape index (κ3) is 3.06. The molecule has 0 aliphatic rings. The number of nitriles is 1. The van der Waals surface area contributed by atoms with Gasteiger partial charge in [-0.1, -0.05) is 19.1 Å². The number of anilines is 1.